The Kier molecular flexibility index (Phi) is 4.77. The molecular weight excluding hydrogens is 383 g/mol. The molecule has 1 fully saturated rings. The van der Waals surface area contributed by atoms with Gasteiger partial charge in [-0.1, -0.05) is 55.8 Å². The predicted octanol–water partition coefficient (Wildman–Crippen LogP) is 6.38. The molecule has 4 rings (SSSR count). The molecule has 2 aliphatic heterocycles. The first-order valence-corrected chi connectivity index (χ1v) is 10.6. The largest absolute Gasteiger partial charge is 0.456 e. The monoisotopic (exact) mass is 402 g/mol. The summed E-state index contributed by atoms with van der Waals surface area (Å²) >= 11 is 6.06. The third kappa shape index (κ3) is 3.76. The van der Waals surface area contributed by atoms with E-state index in [-0.39, 0.29) is 5.41 Å². The Balaban J connectivity index is 1.82. The Morgan fingerprint density at radius 3 is 2.44 bits per heavy atom. The topological polar surface area (TPSA) is 44.8 Å². The van der Waals surface area contributed by atoms with Crippen LogP contribution in [0, 0.1) is 5.41 Å². The lowest BCUT2D eigenvalue weighted by atomic mass is 9.97. The molecule has 0 N–H and O–H groups in total. The van der Waals surface area contributed by atoms with Crippen LogP contribution in [0.5, 0.6) is 5.75 Å². The first kappa shape index (κ1) is 18.5. The molecule has 140 valence electrons. The van der Waals surface area contributed by atoms with Gasteiger partial charge in [0.05, 0.1) is 13.2 Å². The van der Waals surface area contributed by atoms with Crippen molar-refractivity contribution in [2.24, 2.45) is 5.41 Å². The van der Waals surface area contributed by atoms with Gasteiger partial charge in [-0.25, -0.2) is 0 Å². The fourth-order valence-corrected chi connectivity index (χ4v) is 5.35. The molecule has 0 unspecified atom stereocenters. The van der Waals surface area contributed by atoms with Gasteiger partial charge in [0.1, 0.15) is 16.8 Å². The Bertz CT molecular complexity index is 965. The van der Waals surface area contributed by atoms with E-state index in [0.717, 1.165) is 11.1 Å². The van der Waals surface area contributed by atoms with Crippen LogP contribution in [0.3, 0.4) is 0 Å². The van der Waals surface area contributed by atoms with Crippen LogP contribution in [0.2, 0.25) is 5.02 Å². The number of rotatable bonds is 2. The average Bonchev–Trinajstić information content (AvgIpc) is 2.66. The molecule has 0 spiro atoms. The standard InChI is InChI=1S/C21H20ClO4P/c1-21(2)13-24-27(23,25-14-21)20(15-6-4-3-5-7-15)19-10-8-16-12-17(22)9-11-18(16)26-19/h3-12H,13-14H2,1-2H3/b20-19-. The molecule has 2 aromatic rings. The van der Waals surface area contributed by atoms with E-state index < -0.39 is 7.60 Å². The zero-order chi connectivity index (χ0) is 19.1. The van der Waals surface area contributed by atoms with Crippen molar-refractivity contribution in [2.75, 3.05) is 13.2 Å². The molecule has 4 nitrogen and oxygen atoms in total. The summed E-state index contributed by atoms with van der Waals surface area (Å²) in [7, 11) is -3.54. The summed E-state index contributed by atoms with van der Waals surface area (Å²) < 4.78 is 31.3. The quantitative estimate of drug-likeness (QED) is 0.546. The van der Waals surface area contributed by atoms with Crippen LogP contribution in [0.1, 0.15) is 25.0 Å². The van der Waals surface area contributed by atoms with E-state index in [9.17, 15) is 4.57 Å². The zero-order valence-corrected chi connectivity index (χ0v) is 16.8. The average molecular weight is 403 g/mol. The fraction of sp³-hybridized carbons (Fsp3) is 0.238. The minimum Gasteiger partial charge on any atom is -0.456 e. The summed E-state index contributed by atoms with van der Waals surface area (Å²) in [5.74, 6) is 1.10. The maximum atomic E-state index is 13.6. The predicted molar refractivity (Wildman–Crippen MR) is 108 cm³/mol. The second-order valence-corrected chi connectivity index (χ2v) is 9.80. The minimum atomic E-state index is -3.54. The van der Waals surface area contributed by atoms with Crippen molar-refractivity contribution in [3.05, 3.63) is 76.5 Å². The molecule has 2 aromatic carbocycles. The molecule has 2 heterocycles. The number of ether oxygens (including phenoxy) is 1. The molecule has 0 atom stereocenters. The third-order valence-corrected chi connectivity index (χ3v) is 6.61. The highest BCUT2D eigenvalue weighted by Gasteiger charge is 2.42. The van der Waals surface area contributed by atoms with Gasteiger partial charge in [-0.15, -0.1) is 0 Å². The van der Waals surface area contributed by atoms with Crippen molar-refractivity contribution >= 4 is 30.6 Å². The van der Waals surface area contributed by atoms with Gasteiger partial charge in [-0.05, 0) is 35.9 Å². The Morgan fingerprint density at radius 1 is 1.04 bits per heavy atom. The molecular formula is C21H20ClO4P. The summed E-state index contributed by atoms with van der Waals surface area (Å²) in [5.41, 5.74) is 1.42. The van der Waals surface area contributed by atoms with Gasteiger partial charge < -0.3 is 13.8 Å². The van der Waals surface area contributed by atoms with E-state index in [1.165, 1.54) is 0 Å². The van der Waals surface area contributed by atoms with Gasteiger partial charge in [-0.2, -0.15) is 0 Å². The number of fused-ring (bicyclic) bond motifs is 1. The third-order valence-electron chi connectivity index (χ3n) is 4.41. The summed E-state index contributed by atoms with van der Waals surface area (Å²) in [6.45, 7) is 4.74. The Morgan fingerprint density at radius 2 is 1.74 bits per heavy atom. The van der Waals surface area contributed by atoms with Crippen LogP contribution in [-0.4, -0.2) is 13.2 Å². The van der Waals surface area contributed by atoms with Crippen LogP contribution in [-0.2, 0) is 13.6 Å². The summed E-state index contributed by atoms with van der Waals surface area (Å²) in [6, 6.07) is 14.8. The summed E-state index contributed by atoms with van der Waals surface area (Å²) in [6.07, 6.45) is 3.68. The Hall–Kier alpha value is -1.84. The highest BCUT2D eigenvalue weighted by atomic mass is 35.5. The molecule has 0 amide bonds. The van der Waals surface area contributed by atoms with Crippen molar-refractivity contribution in [3.8, 4) is 5.75 Å². The van der Waals surface area contributed by atoms with E-state index in [2.05, 4.69) is 0 Å². The Labute approximate surface area is 163 Å². The molecule has 6 heteroatoms. The molecule has 1 saturated heterocycles. The van der Waals surface area contributed by atoms with Crippen molar-refractivity contribution in [1.29, 1.82) is 0 Å². The molecule has 0 aromatic heterocycles. The van der Waals surface area contributed by atoms with E-state index >= 15 is 0 Å². The van der Waals surface area contributed by atoms with Crippen LogP contribution < -0.4 is 4.74 Å². The second kappa shape index (κ2) is 6.96. The zero-order valence-electron chi connectivity index (χ0n) is 15.1. The number of halogens is 1. The normalized spacial score (nSPS) is 21.9. The molecule has 0 radical (unpaired) electrons. The van der Waals surface area contributed by atoms with E-state index in [1.807, 2.05) is 56.3 Å². The molecule has 0 bridgehead atoms. The molecule has 2 aliphatic rings. The van der Waals surface area contributed by atoms with Crippen LogP contribution in [0.4, 0.5) is 0 Å². The number of hydrogen-bond acceptors (Lipinski definition) is 4. The summed E-state index contributed by atoms with van der Waals surface area (Å²) in [5, 5.41) is 1.07. The van der Waals surface area contributed by atoms with E-state index in [4.69, 9.17) is 25.4 Å². The second-order valence-electron chi connectivity index (χ2n) is 7.40. The van der Waals surface area contributed by atoms with Crippen LogP contribution >= 0.6 is 19.2 Å². The minimum absolute atomic E-state index is 0.188. The smallest absolute Gasteiger partial charge is 0.365 e. The highest BCUT2D eigenvalue weighted by Crippen LogP contribution is 2.65. The van der Waals surface area contributed by atoms with Gasteiger partial charge >= 0.3 is 7.60 Å². The van der Waals surface area contributed by atoms with Crippen molar-refractivity contribution in [2.45, 2.75) is 13.8 Å². The number of hydrogen-bond donors (Lipinski definition) is 0. The lowest BCUT2D eigenvalue weighted by molar-refractivity contribution is 0.0466. The molecule has 0 aliphatic carbocycles. The van der Waals surface area contributed by atoms with Gasteiger partial charge in [0.15, 0.2) is 0 Å². The molecule has 27 heavy (non-hydrogen) atoms. The van der Waals surface area contributed by atoms with Crippen molar-refractivity contribution < 1.29 is 18.3 Å². The lowest BCUT2D eigenvalue weighted by Gasteiger charge is -2.35. The van der Waals surface area contributed by atoms with Gasteiger partial charge in [0.25, 0.3) is 0 Å². The van der Waals surface area contributed by atoms with Crippen LogP contribution in [0.25, 0.3) is 11.4 Å². The van der Waals surface area contributed by atoms with E-state index in [1.54, 1.807) is 18.2 Å². The number of allylic oxidation sites excluding steroid dienone is 1. The summed E-state index contributed by atoms with van der Waals surface area (Å²) in [4.78, 5) is 0. The first-order valence-electron chi connectivity index (χ1n) is 8.71. The van der Waals surface area contributed by atoms with Gasteiger partial charge in [0.2, 0.25) is 0 Å². The molecule has 0 saturated carbocycles. The van der Waals surface area contributed by atoms with Crippen molar-refractivity contribution in [1.82, 2.24) is 0 Å². The number of benzene rings is 2. The SMILES string of the molecule is CC1(C)COP(=O)(/C(=C2/C=Cc3cc(Cl)ccc3O2)c2ccccc2)OC1. The van der Waals surface area contributed by atoms with E-state index in [0.29, 0.717) is 35.1 Å². The fourth-order valence-electron chi connectivity index (χ4n) is 2.95. The van der Waals surface area contributed by atoms with Gasteiger partial charge in [0, 0.05) is 16.0 Å². The maximum Gasteiger partial charge on any atom is 0.365 e. The van der Waals surface area contributed by atoms with Crippen LogP contribution in [0.15, 0.2) is 60.4 Å². The first-order chi connectivity index (χ1) is 12.9. The maximum absolute atomic E-state index is 13.6. The highest BCUT2D eigenvalue weighted by molar-refractivity contribution is 7.65. The van der Waals surface area contributed by atoms with Crippen molar-refractivity contribution in [3.63, 3.8) is 0 Å². The lowest BCUT2D eigenvalue weighted by Crippen LogP contribution is -2.29. The van der Waals surface area contributed by atoms with Gasteiger partial charge in [-0.3, -0.25) is 4.57 Å².